The standard InChI is InChI=1S/C17H16BrNO6/c1-21-17(20)16-13(5-6-15(18)19-16)23-8-2-7-22-11-3-4-12-14(9-11)25-10-24-12/h3-6,9H,2,7-8,10H2,1H3. The molecule has 25 heavy (non-hydrogen) atoms. The number of fused-ring (bicyclic) bond motifs is 1. The highest BCUT2D eigenvalue weighted by atomic mass is 79.9. The van der Waals surface area contributed by atoms with Gasteiger partial charge in [-0.05, 0) is 40.2 Å². The summed E-state index contributed by atoms with van der Waals surface area (Å²) in [5, 5.41) is 0. The number of hydrogen-bond donors (Lipinski definition) is 0. The van der Waals surface area contributed by atoms with Crippen molar-refractivity contribution in [3.05, 3.63) is 40.6 Å². The Balaban J connectivity index is 1.48. The zero-order valence-corrected chi connectivity index (χ0v) is 15.1. The van der Waals surface area contributed by atoms with Gasteiger partial charge in [0.05, 0.1) is 20.3 Å². The Morgan fingerprint density at radius 1 is 1.16 bits per heavy atom. The Morgan fingerprint density at radius 3 is 2.80 bits per heavy atom. The van der Waals surface area contributed by atoms with Gasteiger partial charge in [-0.2, -0.15) is 0 Å². The van der Waals surface area contributed by atoms with E-state index in [1.54, 1.807) is 18.2 Å². The topological polar surface area (TPSA) is 76.1 Å². The number of esters is 1. The second-order valence-corrected chi connectivity index (χ2v) is 5.85. The largest absolute Gasteiger partial charge is 0.493 e. The number of rotatable bonds is 7. The van der Waals surface area contributed by atoms with Gasteiger partial charge in [-0.15, -0.1) is 0 Å². The molecule has 0 radical (unpaired) electrons. The van der Waals surface area contributed by atoms with Crippen LogP contribution in [0, 0.1) is 0 Å². The van der Waals surface area contributed by atoms with Crippen molar-refractivity contribution in [2.75, 3.05) is 27.1 Å². The minimum atomic E-state index is -0.548. The summed E-state index contributed by atoms with van der Waals surface area (Å²) in [5.74, 6) is 1.92. The molecule has 1 aromatic carbocycles. The van der Waals surface area contributed by atoms with E-state index in [4.69, 9.17) is 23.7 Å². The van der Waals surface area contributed by atoms with E-state index >= 15 is 0 Å². The van der Waals surface area contributed by atoms with Crippen molar-refractivity contribution in [1.29, 1.82) is 0 Å². The summed E-state index contributed by atoms with van der Waals surface area (Å²) < 4.78 is 27.1. The van der Waals surface area contributed by atoms with E-state index in [0.717, 1.165) is 0 Å². The lowest BCUT2D eigenvalue weighted by molar-refractivity contribution is 0.0588. The van der Waals surface area contributed by atoms with Gasteiger partial charge in [0.1, 0.15) is 10.4 Å². The van der Waals surface area contributed by atoms with Gasteiger partial charge in [0, 0.05) is 12.5 Å². The molecule has 0 amide bonds. The molecule has 0 saturated carbocycles. The normalized spacial score (nSPS) is 11.9. The molecular formula is C17H16BrNO6. The Kier molecular flexibility index (Phi) is 5.60. The first-order valence-corrected chi connectivity index (χ1v) is 8.37. The van der Waals surface area contributed by atoms with Gasteiger partial charge < -0.3 is 23.7 Å². The first-order chi connectivity index (χ1) is 12.2. The van der Waals surface area contributed by atoms with Crippen LogP contribution in [0.2, 0.25) is 0 Å². The molecule has 1 aromatic heterocycles. The molecule has 0 spiro atoms. The molecule has 7 nitrogen and oxygen atoms in total. The van der Waals surface area contributed by atoms with Gasteiger partial charge >= 0.3 is 5.97 Å². The minimum Gasteiger partial charge on any atom is -0.493 e. The number of nitrogens with zero attached hydrogens (tertiary/aromatic N) is 1. The van der Waals surface area contributed by atoms with E-state index in [0.29, 0.717) is 47.2 Å². The van der Waals surface area contributed by atoms with Crippen molar-refractivity contribution in [3.8, 4) is 23.0 Å². The molecule has 0 unspecified atom stereocenters. The van der Waals surface area contributed by atoms with Crippen LogP contribution in [-0.4, -0.2) is 38.1 Å². The Labute approximate surface area is 152 Å². The highest BCUT2D eigenvalue weighted by Crippen LogP contribution is 2.35. The quantitative estimate of drug-likeness (QED) is 0.394. The number of hydrogen-bond acceptors (Lipinski definition) is 7. The third-order valence-corrected chi connectivity index (χ3v) is 3.80. The van der Waals surface area contributed by atoms with Crippen molar-refractivity contribution in [3.63, 3.8) is 0 Å². The Morgan fingerprint density at radius 2 is 1.96 bits per heavy atom. The fraction of sp³-hybridized carbons (Fsp3) is 0.294. The molecule has 1 aliphatic rings. The summed E-state index contributed by atoms with van der Waals surface area (Å²) in [6, 6.07) is 8.79. The van der Waals surface area contributed by atoms with E-state index in [1.165, 1.54) is 7.11 Å². The van der Waals surface area contributed by atoms with Crippen molar-refractivity contribution in [2.24, 2.45) is 0 Å². The molecule has 8 heteroatoms. The van der Waals surface area contributed by atoms with Gasteiger partial charge in [-0.3, -0.25) is 0 Å². The maximum absolute atomic E-state index is 11.7. The number of halogens is 1. The summed E-state index contributed by atoms with van der Waals surface area (Å²) in [7, 11) is 1.30. The van der Waals surface area contributed by atoms with Crippen LogP contribution in [0.15, 0.2) is 34.9 Å². The fourth-order valence-corrected chi connectivity index (χ4v) is 2.49. The molecule has 0 atom stereocenters. The molecule has 1 aliphatic heterocycles. The van der Waals surface area contributed by atoms with Crippen LogP contribution in [-0.2, 0) is 4.74 Å². The summed E-state index contributed by atoms with van der Waals surface area (Å²) in [4.78, 5) is 15.8. The minimum absolute atomic E-state index is 0.133. The maximum Gasteiger partial charge on any atom is 0.360 e. The molecule has 2 heterocycles. The number of methoxy groups -OCH3 is 1. The predicted octanol–water partition coefficient (Wildman–Crippen LogP) is 3.21. The summed E-state index contributed by atoms with van der Waals surface area (Å²) in [5.41, 5.74) is 0.133. The number of benzene rings is 1. The first kappa shape index (κ1) is 17.3. The third kappa shape index (κ3) is 4.33. The Hall–Kier alpha value is -2.48. The molecule has 0 saturated heterocycles. The number of aromatic nitrogens is 1. The number of ether oxygens (including phenoxy) is 5. The maximum atomic E-state index is 11.7. The lowest BCUT2D eigenvalue weighted by Crippen LogP contribution is -2.10. The van der Waals surface area contributed by atoms with Crippen LogP contribution in [0.4, 0.5) is 0 Å². The molecule has 0 aliphatic carbocycles. The van der Waals surface area contributed by atoms with E-state index in [2.05, 4.69) is 20.9 Å². The predicted molar refractivity (Wildman–Crippen MR) is 91.4 cm³/mol. The highest BCUT2D eigenvalue weighted by molar-refractivity contribution is 9.10. The summed E-state index contributed by atoms with van der Waals surface area (Å²) in [6.07, 6.45) is 0.630. The van der Waals surface area contributed by atoms with Gasteiger partial charge in [0.2, 0.25) is 6.79 Å². The van der Waals surface area contributed by atoms with Crippen LogP contribution in [0.3, 0.4) is 0 Å². The summed E-state index contributed by atoms with van der Waals surface area (Å²) >= 11 is 3.22. The number of carbonyl (C=O) groups is 1. The average molecular weight is 410 g/mol. The van der Waals surface area contributed by atoms with Crippen LogP contribution in [0.25, 0.3) is 0 Å². The lowest BCUT2D eigenvalue weighted by atomic mass is 10.3. The van der Waals surface area contributed by atoms with E-state index in [1.807, 2.05) is 12.1 Å². The van der Waals surface area contributed by atoms with E-state index < -0.39 is 5.97 Å². The first-order valence-electron chi connectivity index (χ1n) is 7.57. The Bertz CT molecular complexity index is 767. The van der Waals surface area contributed by atoms with Crippen molar-refractivity contribution < 1.29 is 28.5 Å². The zero-order chi connectivity index (χ0) is 17.6. The molecule has 0 N–H and O–H groups in total. The summed E-state index contributed by atoms with van der Waals surface area (Å²) in [6.45, 7) is 1.06. The highest BCUT2D eigenvalue weighted by Gasteiger charge is 2.16. The fourth-order valence-electron chi connectivity index (χ4n) is 2.18. The molecule has 3 rings (SSSR count). The van der Waals surface area contributed by atoms with Crippen LogP contribution >= 0.6 is 15.9 Å². The molecular weight excluding hydrogens is 394 g/mol. The zero-order valence-electron chi connectivity index (χ0n) is 13.5. The molecule has 0 fully saturated rings. The smallest absolute Gasteiger partial charge is 0.360 e. The van der Waals surface area contributed by atoms with Crippen molar-refractivity contribution in [1.82, 2.24) is 4.98 Å². The van der Waals surface area contributed by atoms with Gasteiger partial charge in [-0.1, -0.05) is 0 Å². The van der Waals surface area contributed by atoms with E-state index in [9.17, 15) is 4.79 Å². The van der Waals surface area contributed by atoms with Crippen LogP contribution in [0.1, 0.15) is 16.9 Å². The van der Waals surface area contributed by atoms with Crippen molar-refractivity contribution in [2.45, 2.75) is 6.42 Å². The van der Waals surface area contributed by atoms with Crippen LogP contribution in [0.5, 0.6) is 23.0 Å². The monoisotopic (exact) mass is 409 g/mol. The average Bonchev–Trinajstić information content (AvgIpc) is 3.09. The third-order valence-electron chi connectivity index (χ3n) is 3.36. The lowest BCUT2D eigenvalue weighted by Gasteiger charge is -2.10. The van der Waals surface area contributed by atoms with Gasteiger partial charge in [-0.25, -0.2) is 9.78 Å². The second-order valence-electron chi connectivity index (χ2n) is 5.04. The van der Waals surface area contributed by atoms with Gasteiger partial charge in [0.15, 0.2) is 22.9 Å². The number of pyridine rings is 1. The van der Waals surface area contributed by atoms with E-state index in [-0.39, 0.29) is 12.5 Å². The second kappa shape index (κ2) is 8.06. The number of carbonyl (C=O) groups excluding carboxylic acids is 1. The van der Waals surface area contributed by atoms with Gasteiger partial charge in [0.25, 0.3) is 0 Å². The molecule has 2 aromatic rings. The molecule has 0 bridgehead atoms. The molecule has 132 valence electrons. The SMILES string of the molecule is COC(=O)c1nc(Br)ccc1OCCCOc1ccc2c(c1)OCO2. The van der Waals surface area contributed by atoms with Crippen molar-refractivity contribution >= 4 is 21.9 Å². The van der Waals surface area contributed by atoms with Crippen LogP contribution < -0.4 is 18.9 Å².